The summed E-state index contributed by atoms with van der Waals surface area (Å²) in [5.41, 5.74) is 4.55. The van der Waals surface area contributed by atoms with Gasteiger partial charge in [-0.05, 0) is 94.9 Å². The number of aliphatic hydroxyl groups excluding tert-OH is 3. The van der Waals surface area contributed by atoms with Crippen molar-refractivity contribution in [1.29, 1.82) is 0 Å². The van der Waals surface area contributed by atoms with Crippen molar-refractivity contribution in [3.63, 3.8) is 0 Å². The van der Waals surface area contributed by atoms with E-state index in [1.54, 1.807) is 14.2 Å². The van der Waals surface area contributed by atoms with Gasteiger partial charge in [0.05, 0.1) is 26.4 Å². The number of methoxy groups -OCH3 is 2. The molecule has 1 aliphatic heterocycles. The molecule has 1 saturated heterocycles. The fourth-order valence-corrected chi connectivity index (χ4v) is 5.95. The van der Waals surface area contributed by atoms with Crippen LogP contribution in [0.25, 0.3) is 21.5 Å². The Hall–Kier alpha value is -3.24. The van der Waals surface area contributed by atoms with Crippen LogP contribution in [0.2, 0.25) is 0 Å². The van der Waals surface area contributed by atoms with Gasteiger partial charge in [0.2, 0.25) is 0 Å². The molecule has 1 fully saturated rings. The molecule has 0 radical (unpaired) electrons. The SMILES string of the molecule is COc1cc(CNCC[C@H]2O[C@H](CNCc3cc(OC)cc4c(C)cccc34)[C@@H](O)[C@H](O)[C@H]2O)c2cccc(C)c2c1. The average Bonchev–Trinajstić information content (AvgIpc) is 3.00. The first-order valence-corrected chi connectivity index (χ1v) is 14.5. The van der Waals surface area contributed by atoms with E-state index in [0.717, 1.165) is 38.8 Å². The number of ether oxygens (including phenoxy) is 3. The zero-order valence-corrected chi connectivity index (χ0v) is 24.8. The van der Waals surface area contributed by atoms with Crippen molar-refractivity contribution in [3.05, 3.63) is 82.9 Å². The molecule has 0 aromatic heterocycles. The summed E-state index contributed by atoms with van der Waals surface area (Å²) in [4.78, 5) is 0. The summed E-state index contributed by atoms with van der Waals surface area (Å²) >= 11 is 0. The molecular weight excluding hydrogens is 532 g/mol. The minimum Gasteiger partial charge on any atom is -0.497 e. The van der Waals surface area contributed by atoms with Crippen LogP contribution in [0.15, 0.2) is 60.7 Å². The summed E-state index contributed by atoms with van der Waals surface area (Å²) in [6.07, 6.45) is -4.48. The lowest BCUT2D eigenvalue weighted by Crippen LogP contribution is -2.60. The Bertz CT molecular complexity index is 1520. The molecule has 8 heteroatoms. The molecular formula is C34H42N2O6. The highest BCUT2D eigenvalue weighted by molar-refractivity contribution is 5.90. The Labute approximate surface area is 247 Å². The molecule has 5 atom stereocenters. The molecule has 0 spiro atoms. The van der Waals surface area contributed by atoms with E-state index in [1.807, 2.05) is 24.3 Å². The lowest BCUT2D eigenvalue weighted by Gasteiger charge is -2.41. The lowest BCUT2D eigenvalue weighted by molar-refractivity contribution is -0.221. The molecule has 0 bridgehead atoms. The highest BCUT2D eigenvalue weighted by Crippen LogP contribution is 2.30. The van der Waals surface area contributed by atoms with Crippen molar-refractivity contribution in [2.75, 3.05) is 27.3 Å². The highest BCUT2D eigenvalue weighted by Gasteiger charge is 2.43. The third-order valence-electron chi connectivity index (χ3n) is 8.41. The number of hydrogen-bond acceptors (Lipinski definition) is 8. The quantitative estimate of drug-likeness (QED) is 0.172. The van der Waals surface area contributed by atoms with Gasteiger partial charge >= 0.3 is 0 Å². The van der Waals surface area contributed by atoms with Gasteiger partial charge in [0.1, 0.15) is 29.8 Å². The normalized spacial score (nSPS) is 22.5. The molecule has 5 rings (SSSR count). The molecule has 8 nitrogen and oxygen atoms in total. The van der Waals surface area contributed by atoms with Crippen LogP contribution < -0.4 is 20.1 Å². The second kappa shape index (κ2) is 13.4. The average molecular weight is 575 g/mol. The predicted octanol–water partition coefficient (Wildman–Crippen LogP) is 3.75. The summed E-state index contributed by atoms with van der Waals surface area (Å²) in [6.45, 7) is 6.18. The Balaban J connectivity index is 1.19. The largest absolute Gasteiger partial charge is 0.497 e. The van der Waals surface area contributed by atoms with Crippen LogP contribution >= 0.6 is 0 Å². The number of aryl methyl sites for hydroxylation is 2. The van der Waals surface area contributed by atoms with Gasteiger partial charge in [0, 0.05) is 19.6 Å². The first-order chi connectivity index (χ1) is 20.3. The number of hydrogen-bond donors (Lipinski definition) is 5. The number of fused-ring (bicyclic) bond motifs is 2. The zero-order valence-electron chi connectivity index (χ0n) is 24.8. The number of nitrogens with one attached hydrogen (secondary N) is 2. The van der Waals surface area contributed by atoms with Crippen LogP contribution in [0.4, 0.5) is 0 Å². The van der Waals surface area contributed by atoms with Crippen LogP contribution in [0.1, 0.15) is 28.7 Å². The summed E-state index contributed by atoms with van der Waals surface area (Å²) < 4.78 is 17.2. The molecule has 0 aliphatic carbocycles. The fraction of sp³-hybridized carbons (Fsp3) is 0.412. The van der Waals surface area contributed by atoms with Crippen molar-refractivity contribution in [1.82, 2.24) is 10.6 Å². The Morgan fingerprint density at radius 3 is 1.74 bits per heavy atom. The van der Waals surface area contributed by atoms with Crippen molar-refractivity contribution in [3.8, 4) is 11.5 Å². The Kier molecular flexibility index (Phi) is 9.63. The third kappa shape index (κ3) is 6.39. The topological polar surface area (TPSA) is 112 Å². The molecule has 224 valence electrons. The van der Waals surface area contributed by atoms with E-state index in [-0.39, 0.29) is 0 Å². The zero-order chi connectivity index (χ0) is 29.8. The molecule has 0 amide bonds. The summed E-state index contributed by atoms with van der Waals surface area (Å²) in [7, 11) is 3.33. The molecule has 0 unspecified atom stereocenters. The summed E-state index contributed by atoms with van der Waals surface area (Å²) in [5.74, 6) is 1.59. The number of benzene rings is 4. The minimum atomic E-state index is -1.29. The lowest BCUT2D eigenvalue weighted by atomic mass is 9.93. The third-order valence-corrected chi connectivity index (χ3v) is 8.41. The van der Waals surface area contributed by atoms with Crippen molar-refractivity contribution < 1.29 is 29.5 Å². The van der Waals surface area contributed by atoms with Crippen LogP contribution in [-0.2, 0) is 17.8 Å². The predicted molar refractivity (Wildman–Crippen MR) is 165 cm³/mol. The molecule has 1 heterocycles. The van der Waals surface area contributed by atoms with Crippen LogP contribution in [0.5, 0.6) is 11.5 Å². The Morgan fingerprint density at radius 1 is 0.667 bits per heavy atom. The summed E-state index contributed by atoms with van der Waals surface area (Å²) in [6, 6.07) is 20.6. The van der Waals surface area contributed by atoms with E-state index in [9.17, 15) is 15.3 Å². The maximum atomic E-state index is 10.7. The van der Waals surface area contributed by atoms with Crippen molar-refractivity contribution in [2.24, 2.45) is 0 Å². The maximum Gasteiger partial charge on any atom is 0.119 e. The van der Waals surface area contributed by atoms with Gasteiger partial charge in [-0.15, -0.1) is 0 Å². The molecule has 4 aromatic rings. The van der Waals surface area contributed by atoms with Crippen LogP contribution in [0, 0.1) is 13.8 Å². The van der Waals surface area contributed by atoms with Gasteiger partial charge < -0.3 is 40.2 Å². The first kappa shape index (κ1) is 30.2. The molecule has 0 saturated carbocycles. The molecule has 4 aromatic carbocycles. The van der Waals surface area contributed by atoms with Gasteiger partial charge in [0.15, 0.2) is 0 Å². The smallest absolute Gasteiger partial charge is 0.119 e. The van der Waals surface area contributed by atoms with E-state index >= 15 is 0 Å². The van der Waals surface area contributed by atoms with E-state index in [2.05, 4.69) is 60.9 Å². The van der Waals surface area contributed by atoms with Crippen molar-refractivity contribution in [2.45, 2.75) is 63.9 Å². The van der Waals surface area contributed by atoms with E-state index in [1.165, 1.54) is 16.5 Å². The van der Waals surface area contributed by atoms with E-state index in [4.69, 9.17) is 14.2 Å². The monoisotopic (exact) mass is 574 g/mol. The maximum absolute atomic E-state index is 10.7. The Morgan fingerprint density at radius 2 is 1.19 bits per heavy atom. The second-order valence-corrected chi connectivity index (χ2v) is 11.2. The van der Waals surface area contributed by atoms with Crippen molar-refractivity contribution >= 4 is 21.5 Å². The molecule has 5 N–H and O–H groups in total. The van der Waals surface area contributed by atoms with Crippen LogP contribution in [-0.4, -0.2) is 73.1 Å². The van der Waals surface area contributed by atoms with Gasteiger partial charge in [-0.3, -0.25) is 0 Å². The summed E-state index contributed by atoms with van der Waals surface area (Å²) in [5, 5.41) is 43.4. The number of aliphatic hydroxyl groups is 3. The van der Waals surface area contributed by atoms with Gasteiger partial charge in [-0.25, -0.2) is 0 Å². The van der Waals surface area contributed by atoms with Crippen LogP contribution in [0.3, 0.4) is 0 Å². The minimum absolute atomic E-state index is 0.314. The van der Waals surface area contributed by atoms with Gasteiger partial charge in [0.25, 0.3) is 0 Å². The highest BCUT2D eigenvalue weighted by atomic mass is 16.5. The number of rotatable bonds is 11. The fourth-order valence-electron chi connectivity index (χ4n) is 5.95. The molecule has 42 heavy (non-hydrogen) atoms. The first-order valence-electron chi connectivity index (χ1n) is 14.5. The second-order valence-electron chi connectivity index (χ2n) is 11.2. The van der Waals surface area contributed by atoms with Gasteiger partial charge in [-0.1, -0.05) is 36.4 Å². The van der Waals surface area contributed by atoms with E-state index in [0.29, 0.717) is 32.6 Å². The van der Waals surface area contributed by atoms with Gasteiger partial charge in [-0.2, -0.15) is 0 Å². The standard InChI is InChI=1S/C34H42N2O6/c1-20-7-5-9-26-22(13-24(40-3)15-28(20)26)17-35-12-11-30-32(37)34(39)33(38)31(42-30)19-36-18-23-14-25(41-4)16-29-21(2)8-6-10-27(23)29/h5-10,13-16,30-39H,11-12,17-19H2,1-4H3/t30-,31-,32+,33-,34-/m1/s1. The van der Waals surface area contributed by atoms with E-state index < -0.39 is 30.5 Å². The molecule has 1 aliphatic rings.